The molecule has 0 bridgehead atoms. The molecule has 1 aromatic rings. The van der Waals surface area contributed by atoms with E-state index in [2.05, 4.69) is 39.0 Å². The van der Waals surface area contributed by atoms with Crippen molar-refractivity contribution in [2.75, 3.05) is 29.0 Å². The zero-order chi connectivity index (χ0) is 14.9. The lowest BCUT2D eigenvalue weighted by Gasteiger charge is -2.39. The molecule has 1 unspecified atom stereocenters. The van der Waals surface area contributed by atoms with E-state index in [1.807, 2.05) is 0 Å². The van der Waals surface area contributed by atoms with E-state index in [1.54, 1.807) is 0 Å². The van der Waals surface area contributed by atoms with Crippen LogP contribution in [0.4, 0.5) is 17.8 Å². The summed E-state index contributed by atoms with van der Waals surface area (Å²) in [6.45, 7) is 6.65. The van der Waals surface area contributed by atoms with E-state index in [9.17, 15) is 0 Å². The van der Waals surface area contributed by atoms with Gasteiger partial charge in [0.15, 0.2) is 0 Å². The minimum absolute atomic E-state index is 0.271. The van der Waals surface area contributed by atoms with Crippen molar-refractivity contribution in [3.63, 3.8) is 0 Å². The number of hydrogen-bond acceptors (Lipinski definition) is 6. The number of hydrogen-bond donors (Lipinski definition) is 2. The monoisotopic (exact) mass is 290 g/mol. The number of aromatic nitrogens is 3. The predicted molar refractivity (Wildman–Crippen MR) is 85.3 cm³/mol. The van der Waals surface area contributed by atoms with Crippen molar-refractivity contribution in [1.29, 1.82) is 0 Å². The number of rotatable bonds is 3. The summed E-state index contributed by atoms with van der Waals surface area (Å²) in [6, 6.07) is 0.402. The van der Waals surface area contributed by atoms with Gasteiger partial charge in [-0.15, -0.1) is 0 Å². The van der Waals surface area contributed by atoms with Crippen LogP contribution in [0, 0.1) is 5.41 Å². The Morgan fingerprint density at radius 2 is 1.86 bits per heavy atom. The zero-order valence-electron chi connectivity index (χ0n) is 13.1. The summed E-state index contributed by atoms with van der Waals surface area (Å²) in [4.78, 5) is 15.3. The first-order valence-electron chi connectivity index (χ1n) is 8.08. The highest BCUT2D eigenvalue weighted by atomic mass is 15.3. The fourth-order valence-corrected chi connectivity index (χ4v) is 3.42. The van der Waals surface area contributed by atoms with Crippen LogP contribution in [0.5, 0.6) is 0 Å². The SMILES string of the molecule is CC1(C)CCCCC1Nc1nc(N)nc(N2CCCC2)n1. The van der Waals surface area contributed by atoms with E-state index < -0.39 is 0 Å². The van der Waals surface area contributed by atoms with Gasteiger partial charge in [0.05, 0.1) is 0 Å². The minimum Gasteiger partial charge on any atom is -0.368 e. The molecule has 3 rings (SSSR count). The smallest absolute Gasteiger partial charge is 0.231 e. The molecule has 0 spiro atoms. The summed E-state index contributed by atoms with van der Waals surface area (Å²) in [5.41, 5.74) is 6.14. The van der Waals surface area contributed by atoms with Gasteiger partial charge in [0.2, 0.25) is 17.8 Å². The van der Waals surface area contributed by atoms with Gasteiger partial charge >= 0.3 is 0 Å². The summed E-state index contributed by atoms with van der Waals surface area (Å²) >= 11 is 0. The van der Waals surface area contributed by atoms with Crippen LogP contribution in [-0.4, -0.2) is 34.1 Å². The Bertz CT molecular complexity index is 495. The van der Waals surface area contributed by atoms with Crippen LogP contribution in [0.25, 0.3) is 0 Å². The first kappa shape index (κ1) is 14.4. The highest BCUT2D eigenvalue weighted by Gasteiger charge is 2.32. The fourth-order valence-electron chi connectivity index (χ4n) is 3.42. The normalized spacial score (nSPS) is 25.0. The molecule has 2 aliphatic rings. The number of anilines is 3. The zero-order valence-corrected chi connectivity index (χ0v) is 13.1. The van der Waals surface area contributed by atoms with Crippen LogP contribution in [0.1, 0.15) is 52.4 Å². The van der Waals surface area contributed by atoms with Crippen LogP contribution >= 0.6 is 0 Å². The van der Waals surface area contributed by atoms with Gasteiger partial charge in [-0.3, -0.25) is 0 Å². The maximum Gasteiger partial charge on any atom is 0.231 e. The molecule has 1 atom stereocenters. The summed E-state index contributed by atoms with van der Waals surface area (Å²) in [5.74, 6) is 1.66. The Kier molecular flexibility index (Phi) is 3.87. The first-order valence-corrected chi connectivity index (χ1v) is 8.08. The molecule has 1 aliphatic carbocycles. The van der Waals surface area contributed by atoms with Crippen LogP contribution in [0.15, 0.2) is 0 Å². The van der Waals surface area contributed by atoms with Crippen molar-refractivity contribution < 1.29 is 0 Å². The summed E-state index contributed by atoms with van der Waals surface area (Å²) < 4.78 is 0. The number of nitrogens with two attached hydrogens (primary N) is 1. The van der Waals surface area contributed by atoms with E-state index in [1.165, 1.54) is 32.1 Å². The second-order valence-electron chi connectivity index (χ2n) is 6.94. The van der Waals surface area contributed by atoms with E-state index >= 15 is 0 Å². The molecule has 6 nitrogen and oxygen atoms in total. The standard InChI is InChI=1S/C15H26N6/c1-15(2)8-4-3-7-11(15)17-13-18-12(16)19-14(20-13)21-9-5-6-10-21/h11H,3-10H2,1-2H3,(H3,16,17,18,19,20). The lowest BCUT2D eigenvalue weighted by atomic mass is 9.73. The Morgan fingerprint density at radius 1 is 1.10 bits per heavy atom. The number of nitrogens with one attached hydrogen (secondary N) is 1. The quantitative estimate of drug-likeness (QED) is 0.890. The molecule has 0 radical (unpaired) electrons. The summed E-state index contributed by atoms with van der Waals surface area (Å²) in [7, 11) is 0. The van der Waals surface area contributed by atoms with E-state index in [-0.39, 0.29) is 5.41 Å². The summed E-state index contributed by atoms with van der Waals surface area (Å²) in [6.07, 6.45) is 7.38. The van der Waals surface area contributed by atoms with E-state index in [4.69, 9.17) is 5.73 Å². The average Bonchev–Trinajstić information content (AvgIpc) is 2.94. The Balaban J connectivity index is 1.78. The lowest BCUT2D eigenvalue weighted by molar-refractivity contribution is 0.216. The maximum absolute atomic E-state index is 5.87. The molecule has 1 saturated heterocycles. The molecule has 6 heteroatoms. The van der Waals surface area contributed by atoms with Crippen molar-refractivity contribution in [2.24, 2.45) is 5.41 Å². The number of nitrogens with zero attached hydrogens (tertiary/aromatic N) is 4. The van der Waals surface area contributed by atoms with Gasteiger partial charge in [0, 0.05) is 19.1 Å². The summed E-state index contributed by atoms with van der Waals surface area (Å²) in [5, 5.41) is 3.51. The minimum atomic E-state index is 0.271. The molecule has 0 amide bonds. The van der Waals surface area contributed by atoms with Crippen molar-refractivity contribution in [3.8, 4) is 0 Å². The van der Waals surface area contributed by atoms with Gasteiger partial charge in [-0.25, -0.2) is 0 Å². The molecule has 116 valence electrons. The highest BCUT2D eigenvalue weighted by molar-refractivity contribution is 5.43. The largest absolute Gasteiger partial charge is 0.368 e. The molecule has 2 heterocycles. The van der Waals surface area contributed by atoms with Gasteiger partial charge in [0.25, 0.3) is 0 Å². The second-order valence-corrected chi connectivity index (χ2v) is 6.94. The fraction of sp³-hybridized carbons (Fsp3) is 0.800. The lowest BCUT2D eigenvalue weighted by Crippen LogP contribution is -2.39. The van der Waals surface area contributed by atoms with E-state index in [0.717, 1.165) is 25.5 Å². The third kappa shape index (κ3) is 3.19. The van der Waals surface area contributed by atoms with Crippen molar-refractivity contribution in [1.82, 2.24) is 15.0 Å². The van der Waals surface area contributed by atoms with Crippen LogP contribution in [0.2, 0.25) is 0 Å². The van der Waals surface area contributed by atoms with E-state index in [0.29, 0.717) is 17.9 Å². The Labute approximate surface area is 126 Å². The highest BCUT2D eigenvalue weighted by Crippen LogP contribution is 2.37. The average molecular weight is 290 g/mol. The molecular formula is C15H26N6. The molecule has 0 aromatic carbocycles. The maximum atomic E-state index is 5.87. The topological polar surface area (TPSA) is 80.0 Å². The van der Waals surface area contributed by atoms with Gasteiger partial charge < -0.3 is 16.0 Å². The predicted octanol–water partition coefficient (Wildman–Crippen LogP) is 2.43. The molecular weight excluding hydrogens is 264 g/mol. The molecule has 1 aliphatic heterocycles. The second kappa shape index (κ2) is 5.66. The van der Waals surface area contributed by atoms with Crippen LogP contribution in [-0.2, 0) is 0 Å². The molecule has 2 fully saturated rings. The third-order valence-electron chi connectivity index (χ3n) is 4.84. The van der Waals surface area contributed by atoms with Crippen molar-refractivity contribution in [3.05, 3.63) is 0 Å². The van der Waals surface area contributed by atoms with Crippen LogP contribution < -0.4 is 16.0 Å². The Hall–Kier alpha value is -1.59. The Morgan fingerprint density at radius 3 is 2.57 bits per heavy atom. The number of nitrogen functional groups attached to an aromatic ring is 1. The molecule has 1 aromatic heterocycles. The third-order valence-corrected chi connectivity index (χ3v) is 4.84. The molecule has 1 saturated carbocycles. The van der Waals surface area contributed by atoms with Gasteiger partial charge in [-0.05, 0) is 31.1 Å². The molecule has 3 N–H and O–H groups in total. The molecule has 21 heavy (non-hydrogen) atoms. The van der Waals surface area contributed by atoms with Gasteiger partial charge in [0.1, 0.15) is 0 Å². The van der Waals surface area contributed by atoms with Gasteiger partial charge in [-0.1, -0.05) is 26.7 Å². The van der Waals surface area contributed by atoms with Crippen LogP contribution in [0.3, 0.4) is 0 Å². The van der Waals surface area contributed by atoms with Crippen molar-refractivity contribution >= 4 is 17.8 Å². The van der Waals surface area contributed by atoms with Crippen molar-refractivity contribution in [2.45, 2.75) is 58.4 Å². The van der Waals surface area contributed by atoms with Gasteiger partial charge in [-0.2, -0.15) is 15.0 Å². The first-order chi connectivity index (χ1) is 10.0.